The number of hydrogen-bond donors (Lipinski definition) is 1. The molecule has 1 aromatic carbocycles. The van der Waals surface area contributed by atoms with Crippen LogP contribution >= 0.6 is 0 Å². The monoisotopic (exact) mass is 272 g/mol. The van der Waals surface area contributed by atoms with Crippen LogP contribution in [0, 0.1) is 5.41 Å². The van der Waals surface area contributed by atoms with E-state index in [1.807, 2.05) is 6.07 Å². The second-order valence-corrected chi connectivity index (χ2v) is 6.67. The summed E-state index contributed by atoms with van der Waals surface area (Å²) >= 11 is 0. The fraction of sp³-hybridized carbons (Fsp3) is 0.562. The lowest BCUT2D eigenvalue weighted by Gasteiger charge is -2.42. The van der Waals surface area contributed by atoms with Gasteiger partial charge in [0.2, 0.25) is 0 Å². The highest BCUT2D eigenvalue weighted by Crippen LogP contribution is 2.28. The first-order valence-electron chi connectivity index (χ1n) is 7.36. The molecule has 4 heteroatoms. The van der Waals surface area contributed by atoms with Crippen LogP contribution in [0.25, 0.3) is 11.0 Å². The summed E-state index contributed by atoms with van der Waals surface area (Å²) in [7, 11) is 2.10. The van der Waals surface area contributed by atoms with E-state index in [1.54, 1.807) is 0 Å². The van der Waals surface area contributed by atoms with Crippen molar-refractivity contribution in [3.8, 4) is 0 Å². The average Bonchev–Trinajstić information content (AvgIpc) is 2.71. The molecule has 0 bridgehead atoms. The van der Waals surface area contributed by atoms with Gasteiger partial charge in [-0.05, 0) is 24.0 Å². The Morgan fingerprint density at radius 2 is 2.10 bits per heavy atom. The Labute approximate surface area is 120 Å². The maximum Gasteiger partial charge on any atom is 0.123 e. The molecule has 1 saturated heterocycles. The highest BCUT2D eigenvalue weighted by molar-refractivity contribution is 5.75. The first-order chi connectivity index (χ1) is 9.47. The fourth-order valence-electron chi connectivity index (χ4n) is 3.16. The minimum absolute atomic E-state index is 0.183. The summed E-state index contributed by atoms with van der Waals surface area (Å²) in [5.41, 5.74) is 8.68. The maximum absolute atomic E-state index is 6.21. The number of nitrogens with zero attached hydrogens (tertiary/aromatic N) is 3. The Bertz CT molecular complexity index is 614. The summed E-state index contributed by atoms with van der Waals surface area (Å²) in [5, 5.41) is 0. The summed E-state index contributed by atoms with van der Waals surface area (Å²) in [5.74, 6) is 1.14. The maximum atomic E-state index is 6.21. The summed E-state index contributed by atoms with van der Waals surface area (Å²) in [6.07, 6.45) is 1.07. The van der Waals surface area contributed by atoms with Crippen LogP contribution in [-0.2, 0) is 13.6 Å². The molecule has 0 radical (unpaired) electrons. The normalized spacial score (nSPS) is 23.3. The van der Waals surface area contributed by atoms with Crippen molar-refractivity contribution in [2.45, 2.75) is 32.9 Å². The van der Waals surface area contributed by atoms with Gasteiger partial charge < -0.3 is 10.3 Å². The van der Waals surface area contributed by atoms with Crippen molar-refractivity contribution in [3.05, 3.63) is 30.1 Å². The van der Waals surface area contributed by atoms with Crippen molar-refractivity contribution >= 4 is 11.0 Å². The van der Waals surface area contributed by atoms with Crippen LogP contribution in [0.2, 0.25) is 0 Å². The lowest BCUT2D eigenvalue weighted by Crippen LogP contribution is -2.52. The largest absolute Gasteiger partial charge is 0.330 e. The van der Waals surface area contributed by atoms with Crippen molar-refractivity contribution in [2.75, 3.05) is 13.1 Å². The van der Waals surface area contributed by atoms with Crippen LogP contribution in [0.3, 0.4) is 0 Å². The van der Waals surface area contributed by atoms with Crippen molar-refractivity contribution in [1.29, 1.82) is 0 Å². The van der Waals surface area contributed by atoms with Crippen LogP contribution in [0.1, 0.15) is 26.1 Å². The number of para-hydroxylation sites is 2. The summed E-state index contributed by atoms with van der Waals surface area (Å²) in [4.78, 5) is 7.24. The second kappa shape index (κ2) is 4.86. The lowest BCUT2D eigenvalue weighted by atomic mass is 9.80. The third-order valence-electron chi connectivity index (χ3n) is 4.64. The van der Waals surface area contributed by atoms with Crippen LogP contribution in [0.15, 0.2) is 24.3 Å². The van der Waals surface area contributed by atoms with Gasteiger partial charge in [-0.3, -0.25) is 4.90 Å². The van der Waals surface area contributed by atoms with Gasteiger partial charge in [-0.25, -0.2) is 4.98 Å². The average molecular weight is 272 g/mol. The molecule has 20 heavy (non-hydrogen) atoms. The van der Waals surface area contributed by atoms with Gasteiger partial charge >= 0.3 is 0 Å². The molecular formula is C16H24N4. The molecule has 0 saturated carbocycles. The van der Waals surface area contributed by atoms with Gasteiger partial charge in [0.15, 0.2) is 0 Å². The van der Waals surface area contributed by atoms with E-state index in [9.17, 15) is 0 Å². The van der Waals surface area contributed by atoms with E-state index in [4.69, 9.17) is 10.7 Å². The number of piperidine rings is 1. The standard InChI is InChI=1S/C16H24N4/c1-16(2)11-20(9-8-14(16)17)10-15-18-12-6-4-5-7-13(12)19(15)3/h4-7,14H,8-11,17H2,1-3H3. The first kappa shape index (κ1) is 13.6. The quantitative estimate of drug-likeness (QED) is 0.911. The Balaban J connectivity index is 1.82. The number of nitrogens with two attached hydrogens (primary N) is 1. The third kappa shape index (κ3) is 2.34. The van der Waals surface area contributed by atoms with E-state index in [0.717, 1.165) is 37.4 Å². The second-order valence-electron chi connectivity index (χ2n) is 6.67. The molecule has 1 aliphatic heterocycles. The molecule has 1 aromatic heterocycles. The Morgan fingerprint density at radius 1 is 1.35 bits per heavy atom. The van der Waals surface area contributed by atoms with Gasteiger partial charge in [0.05, 0.1) is 17.6 Å². The third-order valence-corrected chi connectivity index (χ3v) is 4.64. The van der Waals surface area contributed by atoms with Crippen LogP contribution in [0.4, 0.5) is 0 Å². The zero-order valence-corrected chi connectivity index (χ0v) is 12.6. The molecule has 108 valence electrons. The van der Waals surface area contributed by atoms with Crippen LogP contribution in [0.5, 0.6) is 0 Å². The molecule has 2 N–H and O–H groups in total. The van der Waals surface area contributed by atoms with E-state index in [1.165, 1.54) is 5.52 Å². The van der Waals surface area contributed by atoms with Crippen molar-refractivity contribution in [1.82, 2.24) is 14.5 Å². The van der Waals surface area contributed by atoms with Crippen LogP contribution in [-0.4, -0.2) is 33.6 Å². The van der Waals surface area contributed by atoms with Gasteiger partial charge in [-0.1, -0.05) is 26.0 Å². The lowest BCUT2D eigenvalue weighted by molar-refractivity contribution is 0.0873. The predicted octanol–water partition coefficient (Wildman–Crippen LogP) is 2.13. The summed E-state index contributed by atoms with van der Waals surface area (Å²) in [6.45, 7) is 7.53. The van der Waals surface area contributed by atoms with Crippen molar-refractivity contribution in [2.24, 2.45) is 18.2 Å². The molecule has 4 nitrogen and oxygen atoms in total. The zero-order chi connectivity index (χ0) is 14.3. The van der Waals surface area contributed by atoms with E-state index in [-0.39, 0.29) is 5.41 Å². The number of likely N-dealkylation sites (tertiary alicyclic amines) is 1. The van der Waals surface area contributed by atoms with Crippen LogP contribution < -0.4 is 5.73 Å². The summed E-state index contributed by atoms with van der Waals surface area (Å²) < 4.78 is 2.21. The predicted molar refractivity (Wildman–Crippen MR) is 82.4 cm³/mol. The smallest absolute Gasteiger partial charge is 0.123 e. The van der Waals surface area contributed by atoms with Crippen molar-refractivity contribution < 1.29 is 0 Å². The SMILES string of the molecule is Cn1c(CN2CCC(N)C(C)(C)C2)nc2ccccc21. The molecular weight excluding hydrogens is 248 g/mol. The Kier molecular flexibility index (Phi) is 3.30. The minimum Gasteiger partial charge on any atom is -0.330 e. The Morgan fingerprint density at radius 3 is 2.80 bits per heavy atom. The molecule has 2 heterocycles. The summed E-state index contributed by atoms with van der Waals surface area (Å²) in [6, 6.07) is 8.62. The van der Waals surface area contributed by atoms with Gasteiger partial charge in [0, 0.05) is 26.2 Å². The number of rotatable bonds is 2. The van der Waals surface area contributed by atoms with Gasteiger partial charge in [0.1, 0.15) is 5.82 Å². The number of aryl methyl sites for hydroxylation is 1. The number of imidazole rings is 1. The molecule has 2 aromatic rings. The van der Waals surface area contributed by atoms with Crippen molar-refractivity contribution in [3.63, 3.8) is 0 Å². The number of fused-ring (bicyclic) bond motifs is 1. The van der Waals surface area contributed by atoms with Gasteiger partial charge in [-0.15, -0.1) is 0 Å². The van der Waals surface area contributed by atoms with E-state index >= 15 is 0 Å². The fourth-order valence-corrected chi connectivity index (χ4v) is 3.16. The molecule has 1 aliphatic rings. The highest BCUT2D eigenvalue weighted by atomic mass is 15.2. The van der Waals surface area contributed by atoms with Gasteiger partial charge in [-0.2, -0.15) is 0 Å². The number of benzene rings is 1. The number of hydrogen-bond acceptors (Lipinski definition) is 3. The van der Waals surface area contributed by atoms with E-state index in [0.29, 0.717) is 6.04 Å². The molecule has 0 aliphatic carbocycles. The molecule has 1 unspecified atom stereocenters. The topological polar surface area (TPSA) is 47.1 Å². The molecule has 3 rings (SSSR count). The first-order valence-corrected chi connectivity index (χ1v) is 7.36. The molecule has 1 atom stereocenters. The molecule has 0 spiro atoms. The number of aromatic nitrogens is 2. The van der Waals surface area contributed by atoms with E-state index in [2.05, 4.69) is 48.6 Å². The van der Waals surface area contributed by atoms with E-state index < -0.39 is 0 Å². The molecule has 0 amide bonds. The Hall–Kier alpha value is -1.39. The van der Waals surface area contributed by atoms with Gasteiger partial charge in [0.25, 0.3) is 0 Å². The molecule has 1 fully saturated rings. The highest BCUT2D eigenvalue weighted by Gasteiger charge is 2.33. The minimum atomic E-state index is 0.183. The zero-order valence-electron chi connectivity index (χ0n) is 12.6.